The third kappa shape index (κ3) is 6.25. The zero-order valence-electron chi connectivity index (χ0n) is 19.7. The highest BCUT2D eigenvalue weighted by molar-refractivity contribution is 7.16. The van der Waals surface area contributed by atoms with E-state index in [1.807, 2.05) is 0 Å². The molecule has 12 heteroatoms. The number of carbonyl (C=O) groups excluding carboxylic acids is 2. The lowest BCUT2D eigenvalue weighted by atomic mass is 9.87. The van der Waals surface area contributed by atoms with E-state index in [0.29, 0.717) is 31.8 Å². The highest BCUT2D eigenvalue weighted by Gasteiger charge is 2.33. The van der Waals surface area contributed by atoms with Crippen LogP contribution in [-0.2, 0) is 4.79 Å². The van der Waals surface area contributed by atoms with E-state index in [1.54, 1.807) is 51.3 Å². The van der Waals surface area contributed by atoms with Gasteiger partial charge in [-0.05, 0) is 42.2 Å². The predicted molar refractivity (Wildman–Crippen MR) is 144 cm³/mol. The summed E-state index contributed by atoms with van der Waals surface area (Å²) in [5.41, 5.74) is 3.22. The van der Waals surface area contributed by atoms with Crippen LogP contribution < -0.4 is 10.7 Å². The van der Waals surface area contributed by atoms with Gasteiger partial charge in [-0.25, -0.2) is 10.2 Å². The maximum Gasteiger partial charge on any atom is 0.326 e. The van der Waals surface area contributed by atoms with Gasteiger partial charge >= 0.3 is 5.97 Å². The summed E-state index contributed by atoms with van der Waals surface area (Å²) in [6, 6.07) is 6.84. The molecule has 0 radical (unpaired) electrons. The van der Waals surface area contributed by atoms with E-state index in [0.717, 1.165) is 11.3 Å². The summed E-state index contributed by atoms with van der Waals surface area (Å²) in [5.74, 6) is -2.28. The maximum atomic E-state index is 12.6. The van der Waals surface area contributed by atoms with Crippen molar-refractivity contribution in [3.63, 3.8) is 0 Å². The van der Waals surface area contributed by atoms with Gasteiger partial charge in [0.15, 0.2) is 0 Å². The number of aliphatic carboxylic acids is 1. The predicted octanol–water partition coefficient (Wildman–Crippen LogP) is 5.87. The van der Waals surface area contributed by atoms with Crippen molar-refractivity contribution < 1.29 is 24.6 Å². The van der Waals surface area contributed by atoms with Gasteiger partial charge in [0.1, 0.15) is 11.8 Å². The number of carbonyl (C=O) groups is 3. The molecular formula is C24H23Cl2N3O5S2. The molecule has 0 aliphatic rings. The number of nitrogens with one attached hydrogen (secondary N) is 2. The third-order valence-electron chi connectivity index (χ3n) is 5.10. The van der Waals surface area contributed by atoms with Crippen molar-refractivity contribution in [1.82, 2.24) is 10.7 Å². The van der Waals surface area contributed by atoms with Crippen molar-refractivity contribution in [3.8, 4) is 16.2 Å². The Morgan fingerprint density at radius 1 is 1.03 bits per heavy atom. The van der Waals surface area contributed by atoms with Crippen LogP contribution in [0.15, 0.2) is 40.8 Å². The largest absolute Gasteiger partial charge is 0.506 e. The van der Waals surface area contributed by atoms with Crippen LogP contribution in [0.1, 0.15) is 52.6 Å². The highest BCUT2D eigenvalue weighted by Crippen LogP contribution is 2.40. The number of rotatable bonds is 7. The van der Waals surface area contributed by atoms with E-state index in [2.05, 4.69) is 15.8 Å². The van der Waals surface area contributed by atoms with Crippen LogP contribution in [0.4, 0.5) is 0 Å². The number of hydrogen-bond acceptors (Lipinski definition) is 7. The van der Waals surface area contributed by atoms with Crippen molar-refractivity contribution in [2.45, 2.75) is 33.7 Å². The van der Waals surface area contributed by atoms with Crippen LogP contribution in [0.5, 0.6) is 5.75 Å². The minimum Gasteiger partial charge on any atom is -0.506 e. The molecule has 0 saturated heterocycles. The van der Waals surface area contributed by atoms with Gasteiger partial charge in [-0.1, -0.05) is 50.0 Å². The summed E-state index contributed by atoms with van der Waals surface area (Å²) in [4.78, 5) is 37.6. The highest BCUT2D eigenvalue weighted by atomic mass is 35.5. The first-order valence-electron chi connectivity index (χ1n) is 10.5. The number of hydrazone groups is 1. The molecule has 0 spiro atoms. The average Bonchev–Trinajstić information content (AvgIpc) is 3.44. The molecule has 4 N–H and O–H groups in total. The minimum absolute atomic E-state index is 0.00389. The monoisotopic (exact) mass is 567 g/mol. The Morgan fingerprint density at radius 2 is 1.67 bits per heavy atom. The second-order valence-corrected chi connectivity index (χ2v) is 11.6. The van der Waals surface area contributed by atoms with E-state index < -0.39 is 29.2 Å². The lowest BCUT2D eigenvalue weighted by Gasteiger charge is -2.27. The Balaban J connectivity index is 1.71. The summed E-state index contributed by atoms with van der Waals surface area (Å²) in [6.45, 7) is 6.75. The summed E-state index contributed by atoms with van der Waals surface area (Å²) in [6.07, 6.45) is 0. The molecule has 2 amide bonds. The van der Waals surface area contributed by atoms with Crippen molar-refractivity contribution in [2.75, 3.05) is 0 Å². The van der Waals surface area contributed by atoms with Gasteiger partial charge in [-0.2, -0.15) is 5.10 Å². The zero-order chi connectivity index (χ0) is 26.8. The van der Waals surface area contributed by atoms with Gasteiger partial charge in [-0.3, -0.25) is 9.59 Å². The lowest BCUT2D eigenvalue weighted by Crippen LogP contribution is -2.48. The fraction of sp³-hybridized carbons (Fsp3) is 0.250. The van der Waals surface area contributed by atoms with Gasteiger partial charge in [0.2, 0.25) is 0 Å². The third-order valence-corrected chi connectivity index (χ3v) is 7.94. The number of aromatic hydroxyl groups is 1. The first-order valence-corrected chi connectivity index (χ1v) is 13.0. The molecular weight excluding hydrogens is 545 g/mol. The van der Waals surface area contributed by atoms with Gasteiger partial charge in [0, 0.05) is 5.38 Å². The van der Waals surface area contributed by atoms with E-state index in [1.165, 1.54) is 23.5 Å². The van der Waals surface area contributed by atoms with Crippen molar-refractivity contribution in [1.29, 1.82) is 0 Å². The van der Waals surface area contributed by atoms with E-state index in [4.69, 9.17) is 23.2 Å². The fourth-order valence-electron chi connectivity index (χ4n) is 3.13. The van der Waals surface area contributed by atoms with Crippen LogP contribution in [0.2, 0.25) is 10.0 Å². The Hall–Kier alpha value is -2.92. The van der Waals surface area contributed by atoms with Gasteiger partial charge in [0.05, 0.1) is 36.0 Å². The maximum absolute atomic E-state index is 12.6. The molecule has 3 rings (SSSR count). The second-order valence-electron chi connectivity index (χ2n) is 8.87. The number of halogens is 2. The SMILES string of the molecule is C/C(=N/NC(=O)c1ccc(C(=O)NC(C(=O)O)C(C)(C)C)s1)c1csc(-c2ccc(Cl)c(Cl)c2)c1O. The molecule has 0 saturated carbocycles. The number of nitrogens with zero attached hydrogens (tertiary/aromatic N) is 1. The first kappa shape index (κ1) is 27.7. The smallest absolute Gasteiger partial charge is 0.326 e. The molecule has 1 unspecified atom stereocenters. The molecule has 0 aliphatic carbocycles. The van der Waals surface area contributed by atoms with Crippen LogP contribution >= 0.6 is 45.9 Å². The lowest BCUT2D eigenvalue weighted by molar-refractivity contribution is -0.142. The molecule has 1 aromatic carbocycles. The van der Waals surface area contributed by atoms with Crippen molar-refractivity contribution in [3.05, 3.63) is 61.1 Å². The Labute approximate surface area is 225 Å². The van der Waals surface area contributed by atoms with Crippen LogP contribution in [-0.4, -0.2) is 39.8 Å². The van der Waals surface area contributed by atoms with E-state index in [-0.39, 0.29) is 15.5 Å². The molecule has 0 bridgehead atoms. The number of carboxylic acid groups (broad SMARTS) is 1. The molecule has 0 aliphatic heterocycles. The number of carboxylic acids is 1. The fourth-order valence-corrected chi connectivity index (χ4v) is 5.23. The average molecular weight is 569 g/mol. The van der Waals surface area contributed by atoms with Crippen LogP contribution in [0.25, 0.3) is 10.4 Å². The first-order chi connectivity index (χ1) is 16.8. The van der Waals surface area contributed by atoms with Gasteiger partial charge in [-0.15, -0.1) is 22.7 Å². The Morgan fingerprint density at radius 3 is 2.25 bits per heavy atom. The summed E-state index contributed by atoms with van der Waals surface area (Å²) in [5, 5.41) is 29.1. The van der Waals surface area contributed by atoms with Crippen molar-refractivity contribution >= 4 is 69.4 Å². The zero-order valence-corrected chi connectivity index (χ0v) is 22.8. The summed E-state index contributed by atoms with van der Waals surface area (Å²) in [7, 11) is 0. The molecule has 2 aromatic heterocycles. The molecule has 2 heterocycles. The molecule has 3 aromatic rings. The normalized spacial score (nSPS) is 12.8. The minimum atomic E-state index is -1.14. The van der Waals surface area contributed by atoms with Gasteiger partial charge < -0.3 is 15.5 Å². The standard InChI is InChI=1S/C24H23Cl2N3O5S2/c1-11(13-10-35-19(18(13)30)12-5-6-14(25)15(26)9-12)28-29-22(32)17-8-7-16(36-17)21(31)27-20(23(33)34)24(2,3)4/h5-10,20,30H,1-4H3,(H,27,31)(H,29,32)(H,33,34)/b28-11-. The molecule has 190 valence electrons. The number of thiophene rings is 2. The van der Waals surface area contributed by atoms with Gasteiger partial charge in [0.25, 0.3) is 11.8 Å². The Bertz CT molecular complexity index is 1360. The molecule has 0 fully saturated rings. The second kappa shape index (κ2) is 11.0. The topological polar surface area (TPSA) is 128 Å². The number of amides is 2. The Kier molecular flexibility index (Phi) is 8.45. The molecule has 8 nitrogen and oxygen atoms in total. The quantitative estimate of drug-likeness (QED) is 0.209. The summed E-state index contributed by atoms with van der Waals surface area (Å²) < 4.78 is 0. The van der Waals surface area contributed by atoms with Crippen molar-refractivity contribution in [2.24, 2.45) is 10.5 Å². The number of benzene rings is 1. The van der Waals surface area contributed by atoms with Crippen LogP contribution in [0, 0.1) is 5.41 Å². The number of hydrogen-bond donors (Lipinski definition) is 4. The van der Waals surface area contributed by atoms with E-state index >= 15 is 0 Å². The molecule has 1 atom stereocenters. The van der Waals surface area contributed by atoms with E-state index in [9.17, 15) is 24.6 Å². The van der Waals surface area contributed by atoms with Crippen LogP contribution in [0.3, 0.4) is 0 Å². The molecule has 36 heavy (non-hydrogen) atoms. The summed E-state index contributed by atoms with van der Waals surface area (Å²) >= 11 is 14.2.